The Labute approximate surface area is 378 Å². The second kappa shape index (κ2) is 18.3. The van der Waals surface area contributed by atoms with Crippen LogP contribution in [0.15, 0.2) is 91.3 Å². The van der Waals surface area contributed by atoms with Gasteiger partial charge in [0.15, 0.2) is 0 Å². The van der Waals surface area contributed by atoms with Gasteiger partial charge in [-0.2, -0.15) is 13.2 Å². The van der Waals surface area contributed by atoms with Gasteiger partial charge in [-0.15, -0.1) is 5.10 Å². The lowest BCUT2D eigenvalue weighted by atomic mass is 9.94. The monoisotopic (exact) mass is 919 g/mol. The number of benzene rings is 4. The van der Waals surface area contributed by atoms with Gasteiger partial charge in [0.05, 0.1) is 51.3 Å². The third kappa shape index (κ3) is 9.37. The minimum atomic E-state index is -4.87. The molecule has 344 valence electrons. The van der Waals surface area contributed by atoms with Crippen LogP contribution in [0.2, 0.25) is 0 Å². The predicted molar refractivity (Wildman–Crippen MR) is 232 cm³/mol. The lowest BCUT2D eigenvalue weighted by Crippen LogP contribution is -2.57. The van der Waals surface area contributed by atoms with Gasteiger partial charge in [-0.1, -0.05) is 35.5 Å². The van der Waals surface area contributed by atoms with Crippen LogP contribution in [-0.2, 0) is 24.1 Å². The molecule has 16 nitrogen and oxygen atoms in total. The molecule has 0 bridgehead atoms. The maximum absolute atomic E-state index is 15.7. The number of nitrogens with one attached hydrogen (secondary N) is 4. The summed E-state index contributed by atoms with van der Waals surface area (Å²) in [5, 5.41) is 29.8. The third-order valence-corrected chi connectivity index (χ3v) is 11.7. The van der Waals surface area contributed by atoms with Crippen molar-refractivity contribution in [3.63, 3.8) is 0 Å². The van der Waals surface area contributed by atoms with Gasteiger partial charge >= 0.3 is 6.18 Å². The lowest BCUT2D eigenvalue weighted by Gasteiger charge is -2.33. The van der Waals surface area contributed by atoms with Crippen molar-refractivity contribution in [2.45, 2.75) is 76.2 Å². The van der Waals surface area contributed by atoms with Crippen LogP contribution in [0.1, 0.15) is 91.2 Å². The minimum absolute atomic E-state index is 0.00152. The number of rotatable bonds is 15. The second-order valence-electron chi connectivity index (χ2n) is 16.4. The maximum Gasteiger partial charge on any atom is 0.417 e. The smallest absolute Gasteiger partial charge is 0.417 e. The molecule has 4 aromatic carbocycles. The molecular weight excluding hydrogens is 879 g/mol. The van der Waals surface area contributed by atoms with Crippen LogP contribution in [0.3, 0.4) is 0 Å². The largest absolute Gasteiger partial charge is 0.486 e. The number of aryl methyl sites for hydroxylation is 1. The quantitative estimate of drug-likeness (QED) is 0.0441. The van der Waals surface area contributed by atoms with E-state index in [0.29, 0.717) is 30.8 Å². The Hall–Kier alpha value is -7.74. The Morgan fingerprint density at radius 1 is 0.896 bits per heavy atom. The molecule has 1 saturated carbocycles. The highest BCUT2D eigenvalue weighted by atomic mass is 19.4. The first-order chi connectivity index (χ1) is 32.2. The van der Waals surface area contributed by atoms with Crippen LogP contribution in [0.5, 0.6) is 5.75 Å². The number of hydrogen-bond acceptors (Lipinski definition) is 11. The summed E-state index contributed by atoms with van der Waals surface area (Å²) < 4.78 is 67.0. The van der Waals surface area contributed by atoms with Crippen molar-refractivity contribution in [3.05, 3.63) is 131 Å². The average Bonchev–Trinajstić information content (AvgIpc) is 3.94. The number of aliphatic hydroxyl groups is 1. The first-order valence-corrected chi connectivity index (χ1v) is 21.5. The molecule has 1 aliphatic carbocycles. The van der Waals surface area contributed by atoms with E-state index in [1.807, 2.05) is 0 Å². The van der Waals surface area contributed by atoms with E-state index in [0.717, 1.165) is 35.9 Å². The van der Waals surface area contributed by atoms with Gasteiger partial charge < -0.3 is 31.1 Å². The summed E-state index contributed by atoms with van der Waals surface area (Å²) in [6, 6.07) is 17.8. The number of aliphatic hydroxyl groups excluding tert-OH is 1. The summed E-state index contributed by atoms with van der Waals surface area (Å²) in [6.07, 6.45) is -0.659. The number of carbonyl (C=O) groups excluding carboxylic acids is 5. The Bertz CT molecular complexity index is 2940. The summed E-state index contributed by atoms with van der Waals surface area (Å²) in [4.78, 5) is 69.8. The van der Waals surface area contributed by atoms with Crippen molar-refractivity contribution in [3.8, 4) is 16.9 Å². The van der Waals surface area contributed by atoms with E-state index < -0.39 is 53.5 Å². The average molecular weight is 920 g/mol. The first kappa shape index (κ1) is 44.5. The molecule has 20 heteroatoms. The van der Waals surface area contributed by atoms with E-state index in [1.54, 1.807) is 47.3 Å². The van der Waals surface area contributed by atoms with Crippen LogP contribution in [0.25, 0.3) is 22.0 Å². The molecule has 5 N–H and O–H groups in total. The number of amides is 5. The molecule has 3 aliphatic rings. The molecule has 0 spiro atoms. The number of imide groups is 1. The number of pyridine rings is 1. The first-order valence-electron chi connectivity index (χ1n) is 21.5. The van der Waals surface area contributed by atoms with Gasteiger partial charge in [-0.3, -0.25) is 38.5 Å². The highest BCUT2D eigenvalue weighted by Gasteiger charge is 2.46. The van der Waals surface area contributed by atoms with Crippen LogP contribution in [0, 0.1) is 5.82 Å². The fourth-order valence-corrected chi connectivity index (χ4v) is 8.14. The number of hydrogen-bond donors (Lipinski definition) is 5. The number of halogens is 4. The number of para-hydroxylation sites is 1. The summed E-state index contributed by atoms with van der Waals surface area (Å²) in [5.74, 6) is -3.74. The summed E-state index contributed by atoms with van der Waals surface area (Å²) in [6.45, 7) is 0.428. The highest BCUT2D eigenvalue weighted by molar-refractivity contribution is 6.23. The number of carbonyl (C=O) groups is 5. The van der Waals surface area contributed by atoms with Crippen molar-refractivity contribution in [1.82, 2.24) is 40.8 Å². The molecule has 9 rings (SSSR count). The number of aromatic nitrogens is 4. The lowest BCUT2D eigenvalue weighted by molar-refractivity contribution is -0.137. The molecule has 2 aromatic heterocycles. The molecule has 2 unspecified atom stereocenters. The third-order valence-electron chi connectivity index (χ3n) is 11.7. The Kier molecular flexibility index (Phi) is 12.1. The molecule has 2 atom stereocenters. The molecule has 4 heterocycles. The van der Waals surface area contributed by atoms with E-state index in [1.165, 1.54) is 30.5 Å². The van der Waals surface area contributed by atoms with Crippen LogP contribution in [-0.4, -0.2) is 84.4 Å². The molecule has 5 amide bonds. The predicted octanol–water partition coefficient (Wildman–Crippen LogP) is 6.27. The number of fused-ring (bicyclic) bond motifs is 2. The molecule has 2 fully saturated rings. The molecular formula is C47H41F4N9O7. The second-order valence-corrected chi connectivity index (χ2v) is 16.4. The van der Waals surface area contributed by atoms with Gasteiger partial charge in [-0.25, -0.2) is 4.39 Å². The van der Waals surface area contributed by atoms with E-state index >= 15 is 4.39 Å². The zero-order valence-electron chi connectivity index (χ0n) is 35.4. The topological polar surface area (TPSA) is 210 Å². The van der Waals surface area contributed by atoms with E-state index in [-0.39, 0.29) is 93.7 Å². The fraction of sp³-hybridized carbons (Fsp3) is 0.277. The van der Waals surface area contributed by atoms with E-state index in [9.17, 15) is 42.3 Å². The number of anilines is 2. The van der Waals surface area contributed by atoms with Crippen LogP contribution < -0.4 is 26.0 Å². The zero-order valence-corrected chi connectivity index (χ0v) is 35.4. The van der Waals surface area contributed by atoms with Gasteiger partial charge in [0.25, 0.3) is 23.6 Å². The standard InChI is InChI=1S/C47H41F4N9O7/c48-35-19-25(31-20-32-36(21-34(31)47(49,50)51)53-22-33(43(63)55-27-12-13-27)41(32)54-26-7-2-1-3-8-26)11-14-29(35)42(62)52-17-4-5-18-59-23-28(57-58-59)24-67-38-10-6-9-30-40(38)46(66)60(45(30)65)37-15-16-39(61)56-44(37)64/h1-3,6-11,14,19-23,27,37,44,64H,4-5,12-13,15-18,24H2,(H,52,62)(H,53,54)(H,55,63)(H,56,61). The van der Waals surface area contributed by atoms with Crippen molar-refractivity contribution in [2.24, 2.45) is 0 Å². The van der Waals surface area contributed by atoms with Gasteiger partial charge in [0.1, 0.15) is 30.1 Å². The normalized spacial score (nSPS) is 17.0. The number of alkyl halides is 3. The van der Waals surface area contributed by atoms with E-state index in [4.69, 9.17) is 4.74 Å². The minimum Gasteiger partial charge on any atom is -0.486 e. The van der Waals surface area contributed by atoms with Crippen molar-refractivity contribution in [2.75, 3.05) is 11.9 Å². The molecule has 67 heavy (non-hydrogen) atoms. The number of unbranched alkanes of at least 4 members (excludes halogenated alkanes) is 1. The maximum atomic E-state index is 15.7. The SMILES string of the molecule is O=C1CCC(N2C(=O)c3cccc(OCc4cn(CCCCNC(=O)c5ccc(-c6cc7c(Nc8ccccc8)c(C(=O)NC8CC8)cnc7cc6C(F)(F)F)cc5F)nn4)c3C2=O)C(O)N1. The summed E-state index contributed by atoms with van der Waals surface area (Å²) in [5.41, 5.74) is -0.507. The number of ether oxygens (including phenoxy) is 1. The fourth-order valence-electron chi connectivity index (χ4n) is 8.14. The Morgan fingerprint density at radius 3 is 2.45 bits per heavy atom. The zero-order chi connectivity index (χ0) is 47.0. The summed E-state index contributed by atoms with van der Waals surface area (Å²) in [7, 11) is 0. The molecule has 0 radical (unpaired) electrons. The van der Waals surface area contributed by atoms with Gasteiger partial charge in [0, 0.05) is 42.8 Å². The molecule has 2 aliphatic heterocycles. The van der Waals surface area contributed by atoms with E-state index in [2.05, 4.69) is 36.6 Å². The molecule has 6 aromatic rings. The Morgan fingerprint density at radius 2 is 1.70 bits per heavy atom. The molecule has 1 saturated heterocycles. The summed E-state index contributed by atoms with van der Waals surface area (Å²) >= 11 is 0. The number of nitrogens with zero attached hydrogens (tertiary/aromatic N) is 5. The van der Waals surface area contributed by atoms with Gasteiger partial charge in [-0.05, 0) is 91.8 Å². The van der Waals surface area contributed by atoms with Crippen LogP contribution in [0.4, 0.5) is 28.9 Å². The Balaban J connectivity index is 0.823. The highest BCUT2D eigenvalue weighted by Crippen LogP contribution is 2.42. The van der Waals surface area contributed by atoms with Crippen LogP contribution >= 0.6 is 0 Å². The number of piperidine rings is 1. The van der Waals surface area contributed by atoms with Crippen molar-refractivity contribution < 1.29 is 51.4 Å². The van der Waals surface area contributed by atoms with Gasteiger partial charge in [0.2, 0.25) is 5.91 Å². The van der Waals surface area contributed by atoms with Crippen molar-refractivity contribution in [1.29, 1.82) is 0 Å². The van der Waals surface area contributed by atoms with Crippen molar-refractivity contribution >= 4 is 51.8 Å².